The zero-order valence-electron chi connectivity index (χ0n) is 6.35. The van der Waals surface area contributed by atoms with Crippen LogP contribution in [0.4, 0.5) is 0 Å². The van der Waals surface area contributed by atoms with Crippen LogP contribution in [0.2, 0.25) is 0 Å². The van der Waals surface area contributed by atoms with Crippen molar-refractivity contribution in [2.24, 2.45) is 0 Å². The topological polar surface area (TPSA) is 9.23 Å². The summed E-state index contributed by atoms with van der Waals surface area (Å²) >= 11 is 7.31. The molecule has 0 bridgehead atoms. The molecule has 0 saturated carbocycles. The molecular formula is C7H7I3OTi. The molecule has 12 heavy (non-hydrogen) atoms. The van der Waals surface area contributed by atoms with Crippen molar-refractivity contribution in [3.63, 3.8) is 0 Å². The number of hydrogen-bond acceptors (Lipinski definition) is 1. The Bertz CT molecular complexity index is 272. The van der Waals surface area contributed by atoms with Gasteiger partial charge in [0.25, 0.3) is 0 Å². The molecule has 0 amide bonds. The third-order valence-electron chi connectivity index (χ3n) is 1.32. The monoisotopic (exact) mass is 536 g/mol. The van der Waals surface area contributed by atoms with E-state index in [0.717, 1.165) is 5.75 Å². The van der Waals surface area contributed by atoms with Gasteiger partial charge in [-0.1, -0.05) is 0 Å². The normalized spacial score (nSPS) is 11.3. The Morgan fingerprint density at radius 2 is 1.75 bits per heavy atom. The summed E-state index contributed by atoms with van der Waals surface area (Å²) in [5.74, 6) is 1.04. The van der Waals surface area contributed by atoms with Crippen LogP contribution >= 0.6 is 57.6 Å². The molecule has 0 spiro atoms. The van der Waals surface area contributed by atoms with Gasteiger partial charge >= 0.3 is 109 Å². The van der Waals surface area contributed by atoms with E-state index in [-0.39, 0.29) is 0 Å². The molecule has 0 aliphatic heterocycles. The second-order valence-electron chi connectivity index (χ2n) is 2.31. The van der Waals surface area contributed by atoms with Gasteiger partial charge in [0.15, 0.2) is 0 Å². The van der Waals surface area contributed by atoms with Crippen molar-refractivity contribution < 1.29 is 9.05 Å². The van der Waals surface area contributed by atoms with Crippen LogP contribution in [0.15, 0.2) is 24.3 Å². The molecular weight excluding hydrogens is 529 g/mol. The second-order valence-corrected chi connectivity index (χ2v) is 48.3. The van der Waals surface area contributed by atoms with E-state index in [1.807, 2.05) is 18.2 Å². The van der Waals surface area contributed by atoms with E-state index in [2.05, 4.69) is 70.6 Å². The van der Waals surface area contributed by atoms with E-state index in [9.17, 15) is 0 Å². The molecule has 1 nitrogen and oxygen atoms in total. The SMILES string of the molecule is Cc1ccccc1[O][Ti]([I])([I])[I]. The molecule has 1 aromatic rings. The third kappa shape index (κ3) is 4.43. The van der Waals surface area contributed by atoms with E-state index >= 15 is 0 Å². The van der Waals surface area contributed by atoms with Crippen molar-refractivity contribution in [1.29, 1.82) is 0 Å². The maximum absolute atomic E-state index is 5.88. The molecule has 0 radical (unpaired) electrons. The summed E-state index contributed by atoms with van der Waals surface area (Å²) in [5, 5.41) is 0. The van der Waals surface area contributed by atoms with E-state index in [4.69, 9.17) is 3.32 Å². The number of aryl methyl sites for hydroxylation is 1. The second kappa shape index (κ2) is 5.13. The summed E-state index contributed by atoms with van der Waals surface area (Å²) in [6.07, 6.45) is 0. The first kappa shape index (κ1) is 12.0. The van der Waals surface area contributed by atoms with Gasteiger partial charge in [-0.15, -0.1) is 0 Å². The molecule has 1 rings (SSSR count). The molecule has 0 unspecified atom stereocenters. The van der Waals surface area contributed by atoms with Gasteiger partial charge in [-0.2, -0.15) is 0 Å². The number of rotatable bonds is 2. The summed E-state index contributed by atoms with van der Waals surface area (Å²) < 4.78 is 5.88. The molecule has 0 atom stereocenters. The molecule has 66 valence electrons. The van der Waals surface area contributed by atoms with Crippen molar-refractivity contribution in [2.75, 3.05) is 0 Å². The van der Waals surface area contributed by atoms with E-state index in [1.165, 1.54) is 5.56 Å². The van der Waals surface area contributed by atoms with Gasteiger partial charge in [-0.25, -0.2) is 0 Å². The molecule has 0 fully saturated rings. The third-order valence-corrected chi connectivity index (χ3v) is 4.75. The van der Waals surface area contributed by atoms with Gasteiger partial charge in [0.1, 0.15) is 0 Å². The minimum atomic E-state index is -1.98. The summed E-state index contributed by atoms with van der Waals surface area (Å²) in [6, 6.07) is 8.16. The summed E-state index contributed by atoms with van der Waals surface area (Å²) in [6.45, 7) is 2.08. The Kier molecular flexibility index (Phi) is 5.13. The Hall–Kier alpha value is 1.92. The first-order valence-electron chi connectivity index (χ1n) is 3.30. The van der Waals surface area contributed by atoms with Gasteiger partial charge in [0, 0.05) is 0 Å². The van der Waals surface area contributed by atoms with Gasteiger partial charge < -0.3 is 0 Å². The van der Waals surface area contributed by atoms with Crippen LogP contribution in [0.3, 0.4) is 0 Å². The molecule has 0 N–H and O–H groups in total. The summed E-state index contributed by atoms with van der Waals surface area (Å²) in [7, 11) is 0. The first-order chi connectivity index (χ1) is 5.49. The molecule has 0 aliphatic carbocycles. The predicted octanol–water partition coefficient (Wildman–Crippen LogP) is 4.49. The van der Waals surface area contributed by atoms with Gasteiger partial charge in [0.05, 0.1) is 0 Å². The molecule has 5 heteroatoms. The molecule has 0 aliphatic rings. The summed E-state index contributed by atoms with van der Waals surface area (Å²) in [5.41, 5.74) is -0.763. The van der Waals surface area contributed by atoms with Crippen LogP contribution in [0.1, 0.15) is 5.56 Å². The van der Waals surface area contributed by atoms with Crippen LogP contribution in [0.5, 0.6) is 5.75 Å². The van der Waals surface area contributed by atoms with Gasteiger partial charge in [0.2, 0.25) is 0 Å². The van der Waals surface area contributed by atoms with Gasteiger partial charge in [-0.3, -0.25) is 0 Å². The van der Waals surface area contributed by atoms with Gasteiger partial charge in [-0.05, 0) is 0 Å². The molecule has 0 aromatic heterocycles. The fourth-order valence-corrected chi connectivity index (χ4v) is 4.48. The predicted molar refractivity (Wildman–Crippen MR) is 73.9 cm³/mol. The number of hydrogen-bond donors (Lipinski definition) is 0. The fourth-order valence-electron chi connectivity index (χ4n) is 0.796. The Morgan fingerprint density at radius 3 is 2.25 bits per heavy atom. The Morgan fingerprint density at radius 1 is 1.17 bits per heavy atom. The number of para-hydroxylation sites is 1. The van der Waals surface area contributed by atoms with Crippen molar-refractivity contribution in [1.82, 2.24) is 0 Å². The van der Waals surface area contributed by atoms with Crippen LogP contribution in [-0.4, -0.2) is 0 Å². The molecule has 0 saturated heterocycles. The van der Waals surface area contributed by atoms with Crippen LogP contribution in [0, 0.1) is 6.92 Å². The average molecular weight is 536 g/mol. The maximum atomic E-state index is 5.88. The molecule has 1 aromatic carbocycles. The molecule has 0 heterocycles. The van der Waals surface area contributed by atoms with Crippen LogP contribution in [-0.2, 0) is 5.73 Å². The number of halogens is 3. The Labute approximate surface area is 107 Å². The number of benzene rings is 1. The zero-order chi connectivity index (χ0) is 9.19. The van der Waals surface area contributed by atoms with Crippen LogP contribution < -0.4 is 3.32 Å². The van der Waals surface area contributed by atoms with Crippen LogP contribution in [0.25, 0.3) is 0 Å². The van der Waals surface area contributed by atoms with Crippen molar-refractivity contribution in [3.05, 3.63) is 29.8 Å². The first-order valence-corrected chi connectivity index (χ1v) is 19.1. The van der Waals surface area contributed by atoms with E-state index in [0.29, 0.717) is 0 Å². The zero-order valence-corrected chi connectivity index (χ0v) is 14.4. The Balaban J connectivity index is 2.83. The average Bonchev–Trinajstić information content (AvgIpc) is 1.91. The van der Waals surface area contributed by atoms with Crippen molar-refractivity contribution >= 4 is 57.6 Å². The minimum absolute atomic E-state index is 1.04. The quantitative estimate of drug-likeness (QED) is 0.401. The fraction of sp³-hybridized carbons (Fsp3) is 0.143. The van der Waals surface area contributed by atoms with Crippen molar-refractivity contribution in [3.8, 4) is 5.75 Å². The van der Waals surface area contributed by atoms with Crippen molar-refractivity contribution in [2.45, 2.75) is 6.92 Å². The van der Waals surface area contributed by atoms with E-state index < -0.39 is 5.73 Å². The van der Waals surface area contributed by atoms with E-state index in [1.54, 1.807) is 0 Å². The standard InChI is InChI=1S/C7H8O.3HI.Ti/c1-6-4-2-3-5-7(6)8;;;;/h2-5,8H,1H3;3*1H;/q;;;;+4/p-4. The summed E-state index contributed by atoms with van der Waals surface area (Å²) in [4.78, 5) is 0.